The number of nitrogens with zero attached hydrogens (tertiary/aromatic N) is 2. The molecule has 1 aromatic heterocycles. The molecule has 1 atom stereocenters. The van der Waals surface area contributed by atoms with E-state index < -0.39 is 0 Å². The molecule has 0 saturated heterocycles. The van der Waals surface area contributed by atoms with Gasteiger partial charge in [-0.05, 0) is 38.1 Å². The van der Waals surface area contributed by atoms with Gasteiger partial charge in [0.1, 0.15) is 12.4 Å². The maximum Gasteiger partial charge on any atom is 0.255 e. The lowest BCUT2D eigenvalue weighted by Gasteiger charge is -2.29. The fourth-order valence-electron chi connectivity index (χ4n) is 2.66. The summed E-state index contributed by atoms with van der Waals surface area (Å²) in [5.74, 6) is 2.12. The molecule has 0 fully saturated rings. The van der Waals surface area contributed by atoms with Crippen molar-refractivity contribution in [1.82, 2.24) is 9.88 Å². The highest BCUT2D eigenvalue weighted by atomic mass is 16.6. The van der Waals surface area contributed by atoms with Crippen LogP contribution in [-0.2, 0) is 0 Å². The molecule has 0 spiro atoms. The second kappa shape index (κ2) is 7.42. The third kappa shape index (κ3) is 4.21. The average molecular weight is 341 g/mol. The SMILES string of the molecule is CC(C)Nc1ccc(C(=O)N(C)CC2COc3ccccc3O2)cn1. The highest BCUT2D eigenvalue weighted by molar-refractivity contribution is 5.93. The van der Waals surface area contributed by atoms with Gasteiger partial charge in [0.2, 0.25) is 0 Å². The number of para-hydroxylation sites is 2. The Kier molecular flexibility index (Phi) is 5.07. The van der Waals surface area contributed by atoms with E-state index >= 15 is 0 Å². The van der Waals surface area contributed by atoms with Gasteiger partial charge in [0.05, 0.1) is 12.1 Å². The summed E-state index contributed by atoms with van der Waals surface area (Å²) in [7, 11) is 1.76. The van der Waals surface area contributed by atoms with Crippen LogP contribution in [0, 0.1) is 0 Å². The smallest absolute Gasteiger partial charge is 0.255 e. The molecule has 132 valence electrons. The highest BCUT2D eigenvalue weighted by Crippen LogP contribution is 2.31. The largest absolute Gasteiger partial charge is 0.486 e. The number of anilines is 1. The van der Waals surface area contributed by atoms with Gasteiger partial charge in [-0.3, -0.25) is 4.79 Å². The summed E-state index contributed by atoms with van der Waals surface area (Å²) in [5.41, 5.74) is 0.550. The molecule has 1 aromatic carbocycles. The Morgan fingerprint density at radius 2 is 2.04 bits per heavy atom. The maximum atomic E-state index is 12.6. The number of fused-ring (bicyclic) bond motifs is 1. The van der Waals surface area contributed by atoms with Gasteiger partial charge in [-0.2, -0.15) is 0 Å². The minimum absolute atomic E-state index is 0.0916. The van der Waals surface area contributed by atoms with Gasteiger partial charge < -0.3 is 19.7 Å². The second-order valence-electron chi connectivity index (χ2n) is 6.41. The zero-order valence-corrected chi connectivity index (χ0v) is 14.7. The molecule has 6 heteroatoms. The van der Waals surface area contributed by atoms with Crippen molar-refractivity contribution in [2.45, 2.75) is 26.0 Å². The fourth-order valence-corrected chi connectivity index (χ4v) is 2.66. The average Bonchev–Trinajstić information content (AvgIpc) is 2.61. The number of aromatic nitrogens is 1. The Hall–Kier alpha value is -2.76. The number of ether oxygens (including phenoxy) is 2. The summed E-state index contributed by atoms with van der Waals surface area (Å²) in [6, 6.07) is 11.4. The minimum Gasteiger partial charge on any atom is -0.486 e. The minimum atomic E-state index is -0.196. The first-order chi connectivity index (χ1) is 12.0. The van der Waals surface area contributed by atoms with E-state index in [0.29, 0.717) is 30.5 Å². The quantitative estimate of drug-likeness (QED) is 0.906. The molecular weight excluding hydrogens is 318 g/mol. The highest BCUT2D eigenvalue weighted by Gasteiger charge is 2.24. The molecule has 0 radical (unpaired) electrons. The number of hydrogen-bond donors (Lipinski definition) is 1. The van der Waals surface area contributed by atoms with E-state index in [2.05, 4.69) is 10.3 Å². The second-order valence-corrected chi connectivity index (χ2v) is 6.41. The summed E-state index contributed by atoms with van der Waals surface area (Å²) in [6.07, 6.45) is 1.40. The van der Waals surface area contributed by atoms with E-state index in [1.54, 1.807) is 24.2 Å². The zero-order chi connectivity index (χ0) is 17.8. The summed E-state index contributed by atoms with van der Waals surface area (Å²) in [5, 5.41) is 3.20. The zero-order valence-electron chi connectivity index (χ0n) is 14.7. The first-order valence-electron chi connectivity index (χ1n) is 8.39. The lowest BCUT2D eigenvalue weighted by Crippen LogP contribution is -2.41. The molecule has 25 heavy (non-hydrogen) atoms. The lowest BCUT2D eigenvalue weighted by molar-refractivity contribution is 0.0520. The van der Waals surface area contributed by atoms with Crippen molar-refractivity contribution in [3.63, 3.8) is 0 Å². The van der Waals surface area contributed by atoms with E-state index in [1.807, 2.05) is 44.2 Å². The van der Waals surface area contributed by atoms with Crippen molar-refractivity contribution in [3.8, 4) is 11.5 Å². The van der Waals surface area contributed by atoms with Gasteiger partial charge in [-0.25, -0.2) is 4.98 Å². The Balaban J connectivity index is 1.59. The number of amides is 1. The van der Waals surface area contributed by atoms with Crippen molar-refractivity contribution in [2.24, 2.45) is 0 Å². The number of rotatable bonds is 5. The van der Waals surface area contributed by atoms with Crippen LogP contribution in [-0.4, -0.2) is 48.1 Å². The molecule has 3 rings (SSSR count). The number of carbonyl (C=O) groups excluding carboxylic acids is 1. The van der Waals surface area contributed by atoms with Crippen molar-refractivity contribution >= 4 is 11.7 Å². The Bertz CT molecular complexity index is 731. The van der Waals surface area contributed by atoms with Gasteiger partial charge in [0.15, 0.2) is 17.6 Å². The normalized spacial score (nSPS) is 15.8. The van der Waals surface area contributed by atoms with Gasteiger partial charge >= 0.3 is 0 Å². The molecular formula is C19H23N3O3. The third-order valence-electron chi connectivity index (χ3n) is 3.84. The van der Waals surface area contributed by atoms with Crippen molar-refractivity contribution in [2.75, 3.05) is 25.5 Å². The van der Waals surface area contributed by atoms with Crippen LogP contribution in [0.2, 0.25) is 0 Å². The van der Waals surface area contributed by atoms with Crippen molar-refractivity contribution < 1.29 is 14.3 Å². The van der Waals surface area contributed by atoms with Crippen LogP contribution in [0.4, 0.5) is 5.82 Å². The first-order valence-corrected chi connectivity index (χ1v) is 8.39. The molecule has 1 unspecified atom stereocenters. The van der Waals surface area contributed by atoms with E-state index in [9.17, 15) is 4.79 Å². The Morgan fingerprint density at radius 3 is 2.72 bits per heavy atom. The first kappa shape index (κ1) is 17.1. The molecule has 6 nitrogen and oxygen atoms in total. The molecule has 2 aromatic rings. The van der Waals surface area contributed by atoms with Crippen molar-refractivity contribution in [1.29, 1.82) is 0 Å². The van der Waals surface area contributed by atoms with E-state index in [4.69, 9.17) is 9.47 Å². The number of likely N-dealkylation sites (N-methyl/N-ethyl adjacent to an activating group) is 1. The number of carbonyl (C=O) groups is 1. The van der Waals surface area contributed by atoms with Gasteiger partial charge in [-0.1, -0.05) is 12.1 Å². The molecule has 2 heterocycles. The van der Waals surface area contributed by atoms with E-state index in [0.717, 1.165) is 11.6 Å². The molecule has 1 aliphatic rings. The number of benzene rings is 1. The molecule has 0 bridgehead atoms. The molecule has 1 aliphatic heterocycles. The van der Waals surface area contributed by atoms with Crippen LogP contribution in [0.1, 0.15) is 24.2 Å². The van der Waals surface area contributed by atoms with E-state index in [-0.39, 0.29) is 12.0 Å². The van der Waals surface area contributed by atoms with Crippen LogP contribution in [0.3, 0.4) is 0 Å². The third-order valence-corrected chi connectivity index (χ3v) is 3.84. The standard InChI is InChI=1S/C19H23N3O3/c1-13(2)21-18-9-8-14(10-20-18)19(23)22(3)11-15-12-24-16-6-4-5-7-17(16)25-15/h4-10,13,15H,11-12H2,1-3H3,(H,20,21). The van der Waals surface area contributed by atoms with Crippen LogP contribution in [0.25, 0.3) is 0 Å². The summed E-state index contributed by atoms with van der Waals surface area (Å²) < 4.78 is 11.6. The van der Waals surface area contributed by atoms with E-state index in [1.165, 1.54) is 0 Å². The van der Waals surface area contributed by atoms with Gasteiger partial charge in [0, 0.05) is 19.3 Å². The maximum absolute atomic E-state index is 12.6. The van der Waals surface area contributed by atoms with Crippen molar-refractivity contribution in [3.05, 3.63) is 48.2 Å². The summed E-state index contributed by atoms with van der Waals surface area (Å²) in [6.45, 7) is 4.95. The van der Waals surface area contributed by atoms with Gasteiger partial charge in [-0.15, -0.1) is 0 Å². The number of pyridine rings is 1. The lowest BCUT2D eigenvalue weighted by atomic mass is 10.2. The van der Waals surface area contributed by atoms with Crippen LogP contribution >= 0.6 is 0 Å². The number of nitrogens with one attached hydrogen (secondary N) is 1. The van der Waals surface area contributed by atoms with Gasteiger partial charge in [0.25, 0.3) is 5.91 Å². The van der Waals surface area contributed by atoms with Crippen LogP contribution < -0.4 is 14.8 Å². The molecule has 0 aliphatic carbocycles. The monoisotopic (exact) mass is 341 g/mol. The number of hydrogen-bond acceptors (Lipinski definition) is 5. The molecule has 0 saturated carbocycles. The Labute approximate surface area is 147 Å². The molecule has 1 amide bonds. The predicted molar refractivity (Wildman–Crippen MR) is 96.3 cm³/mol. The molecule has 1 N–H and O–H groups in total. The Morgan fingerprint density at radius 1 is 1.28 bits per heavy atom. The summed E-state index contributed by atoms with van der Waals surface area (Å²) in [4.78, 5) is 18.5. The van der Waals surface area contributed by atoms with Crippen LogP contribution in [0.5, 0.6) is 11.5 Å². The predicted octanol–water partition coefficient (Wildman–Crippen LogP) is 2.81. The summed E-state index contributed by atoms with van der Waals surface area (Å²) >= 11 is 0. The van der Waals surface area contributed by atoms with Crippen LogP contribution in [0.15, 0.2) is 42.6 Å². The topological polar surface area (TPSA) is 63.7 Å². The fraction of sp³-hybridized carbons (Fsp3) is 0.368.